The van der Waals surface area contributed by atoms with Crippen LogP contribution in [0.5, 0.6) is 0 Å². The third-order valence-electron chi connectivity index (χ3n) is 3.33. The van der Waals surface area contributed by atoms with Crippen molar-refractivity contribution < 1.29 is 19.4 Å². The van der Waals surface area contributed by atoms with Gasteiger partial charge in [0.1, 0.15) is 6.61 Å². The normalized spacial score (nSPS) is 17.6. The van der Waals surface area contributed by atoms with Crippen LogP contribution in [0, 0.1) is 0 Å². The molecule has 20 heavy (non-hydrogen) atoms. The van der Waals surface area contributed by atoms with Gasteiger partial charge in [0.25, 0.3) is 5.91 Å². The van der Waals surface area contributed by atoms with E-state index in [1.165, 1.54) is 0 Å². The number of anilines is 1. The molecule has 2 rings (SSSR count). The van der Waals surface area contributed by atoms with E-state index in [0.29, 0.717) is 37.4 Å². The van der Waals surface area contributed by atoms with Gasteiger partial charge in [-0.25, -0.2) is 0 Å². The zero-order chi connectivity index (χ0) is 14.5. The topological polar surface area (TPSA) is 92.9 Å². The molecule has 1 amide bonds. The molecule has 1 aliphatic heterocycles. The number of hydrogen-bond acceptors (Lipinski definition) is 4. The molecule has 1 unspecified atom stereocenters. The molecular formula is C14H18N2O4. The fourth-order valence-corrected chi connectivity index (χ4v) is 2.40. The highest BCUT2D eigenvalue weighted by atomic mass is 16.5. The van der Waals surface area contributed by atoms with Gasteiger partial charge in [-0.1, -0.05) is 18.2 Å². The van der Waals surface area contributed by atoms with E-state index in [0.717, 1.165) is 0 Å². The van der Waals surface area contributed by atoms with Gasteiger partial charge in [0, 0.05) is 18.8 Å². The van der Waals surface area contributed by atoms with Crippen LogP contribution in [0.1, 0.15) is 17.9 Å². The molecule has 0 radical (unpaired) electrons. The molecule has 0 spiro atoms. The van der Waals surface area contributed by atoms with Crippen molar-refractivity contribution in [1.82, 2.24) is 0 Å². The van der Waals surface area contributed by atoms with Crippen molar-refractivity contribution in [2.45, 2.75) is 12.3 Å². The summed E-state index contributed by atoms with van der Waals surface area (Å²) in [5.41, 5.74) is 6.64. The number of nitrogens with two attached hydrogens (primary N) is 1. The zero-order valence-corrected chi connectivity index (χ0v) is 11.1. The van der Waals surface area contributed by atoms with Gasteiger partial charge in [-0.3, -0.25) is 9.59 Å². The molecule has 0 aliphatic carbocycles. The number of fused-ring (bicyclic) bond motifs is 1. The highest BCUT2D eigenvalue weighted by molar-refractivity contribution is 5.97. The number of amides is 1. The summed E-state index contributed by atoms with van der Waals surface area (Å²) in [7, 11) is 0. The van der Waals surface area contributed by atoms with Crippen molar-refractivity contribution in [3.63, 3.8) is 0 Å². The quantitative estimate of drug-likeness (QED) is 0.768. The maximum atomic E-state index is 12.1. The van der Waals surface area contributed by atoms with Crippen LogP contribution < -0.4 is 10.6 Å². The van der Waals surface area contributed by atoms with Crippen molar-refractivity contribution in [3.05, 3.63) is 29.8 Å². The molecule has 108 valence electrons. The first-order chi connectivity index (χ1) is 9.65. The zero-order valence-electron chi connectivity index (χ0n) is 11.1. The van der Waals surface area contributed by atoms with Gasteiger partial charge in [0.2, 0.25) is 0 Å². The maximum absolute atomic E-state index is 12.1. The van der Waals surface area contributed by atoms with Crippen molar-refractivity contribution in [2.75, 3.05) is 31.2 Å². The molecule has 1 aromatic rings. The lowest BCUT2D eigenvalue weighted by Crippen LogP contribution is -2.40. The van der Waals surface area contributed by atoms with E-state index in [2.05, 4.69) is 0 Å². The van der Waals surface area contributed by atoms with Crippen LogP contribution in [0.25, 0.3) is 0 Å². The molecule has 1 aliphatic rings. The van der Waals surface area contributed by atoms with Gasteiger partial charge in [0.05, 0.1) is 12.5 Å². The average Bonchev–Trinajstić information content (AvgIpc) is 2.46. The number of nitrogens with zero attached hydrogens (tertiary/aromatic N) is 1. The predicted molar refractivity (Wildman–Crippen MR) is 73.7 cm³/mol. The van der Waals surface area contributed by atoms with E-state index in [1.807, 2.05) is 0 Å². The maximum Gasteiger partial charge on any atom is 0.311 e. The monoisotopic (exact) mass is 278 g/mol. The summed E-state index contributed by atoms with van der Waals surface area (Å²) in [6.45, 7) is 1.05. The van der Waals surface area contributed by atoms with Crippen molar-refractivity contribution in [2.24, 2.45) is 5.73 Å². The Hall–Kier alpha value is -1.92. The van der Waals surface area contributed by atoms with E-state index < -0.39 is 11.9 Å². The minimum Gasteiger partial charge on any atom is -0.481 e. The lowest BCUT2D eigenvalue weighted by atomic mass is 9.90. The largest absolute Gasteiger partial charge is 0.481 e. The van der Waals surface area contributed by atoms with Crippen LogP contribution in [0.15, 0.2) is 24.3 Å². The first kappa shape index (κ1) is 14.5. The fraction of sp³-hybridized carbons (Fsp3) is 0.429. The second-order valence-electron chi connectivity index (χ2n) is 4.62. The van der Waals surface area contributed by atoms with E-state index in [4.69, 9.17) is 10.5 Å². The number of hydrogen-bond donors (Lipinski definition) is 2. The van der Waals surface area contributed by atoms with Crippen LogP contribution in [0.4, 0.5) is 5.69 Å². The van der Waals surface area contributed by atoms with Crippen LogP contribution in [-0.2, 0) is 14.3 Å². The highest BCUT2D eigenvalue weighted by Gasteiger charge is 2.32. The number of benzene rings is 1. The second kappa shape index (κ2) is 6.49. The number of carbonyl (C=O) groups excluding carboxylic acids is 1. The summed E-state index contributed by atoms with van der Waals surface area (Å²) in [4.78, 5) is 25.0. The SMILES string of the molecule is NCCOCC(=O)N1CCC(C(=O)O)c2ccccc21. The minimum absolute atomic E-state index is 0.0384. The minimum atomic E-state index is -0.857. The van der Waals surface area contributed by atoms with Crippen LogP contribution >= 0.6 is 0 Å². The number of ether oxygens (including phenoxy) is 1. The summed E-state index contributed by atoms with van der Waals surface area (Å²) in [6, 6.07) is 7.11. The highest BCUT2D eigenvalue weighted by Crippen LogP contribution is 2.35. The summed E-state index contributed by atoms with van der Waals surface area (Å²) in [5.74, 6) is -1.58. The van der Waals surface area contributed by atoms with E-state index in [9.17, 15) is 14.7 Å². The summed E-state index contributed by atoms with van der Waals surface area (Å²) in [6.07, 6.45) is 0.412. The van der Waals surface area contributed by atoms with E-state index in [1.54, 1.807) is 29.2 Å². The Kier molecular flexibility index (Phi) is 4.70. The van der Waals surface area contributed by atoms with Gasteiger partial charge in [0.15, 0.2) is 0 Å². The Labute approximate surface area is 117 Å². The Bertz CT molecular complexity index is 504. The number of rotatable bonds is 5. The van der Waals surface area contributed by atoms with Gasteiger partial charge in [-0.05, 0) is 18.1 Å². The molecular weight excluding hydrogens is 260 g/mol. The third kappa shape index (κ3) is 2.97. The van der Waals surface area contributed by atoms with Crippen LogP contribution in [0.3, 0.4) is 0 Å². The van der Waals surface area contributed by atoms with Gasteiger partial charge in [-0.2, -0.15) is 0 Å². The molecule has 6 heteroatoms. The molecule has 1 atom stereocenters. The lowest BCUT2D eigenvalue weighted by Gasteiger charge is -2.32. The summed E-state index contributed by atoms with van der Waals surface area (Å²) >= 11 is 0. The van der Waals surface area contributed by atoms with Gasteiger partial charge >= 0.3 is 5.97 Å². The number of carbonyl (C=O) groups is 2. The summed E-state index contributed by atoms with van der Waals surface area (Å²) in [5, 5.41) is 9.24. The van der Waals surface area contributed by atoms with Crippen molar-refractivity contribution >= 4 is 17.6 Å². The van der Waals surface area contributed by atoms with E-state index in [-0.39, 0.29) is 12.5 Å². The number of carboxylic acids is 1. The first-order valence-electron chi connectivity index (χ1n) is 6.55. The predicted octanol–water partition coefficient (Wildman–Crippen LogP) is 0.567. The third-order valence-corrected chi connectivity index (χ3v) is 3.33. The molecule has 0 saturated heterocycles. The van der Waals surface area contributed by atoms with Crippen LogP contribution in [-0.4, -0.2) is 43.3 Å². The number of aliphatic carboxylic acids is 1. The second-order valence-corrected chi connectivity index (χ2v) is 4.62. The Balaban J connectivity index is 2.18. The number of para-hydroxylation sites is 1. The molecule has 1 heterocycles. The molecule has 1 aromatic carbocycles. The lowest BCUT2D eigenvalue weighted by molar-refractivity contribution is -0.139. The Morgan fingerprint density at radius 2 is 2.15 bits per heavy atom. The molecule has 0 saturated carbocycles. The number of carboxylic acid groups (broad SMARTS) is 1. The van der Waals surface area contributed by atoms with Gasteiger partial charge in [-0.15, -0.1) is 0 Å². The van der Waals surface area contributed by atoms with E-state index >= 15 is 0 Å². The smallest absolute Gasteiger partial charge is 0.311 e. The Morgan fingerprint density at radius 1 is 1.40 bits per heavy atom. The molecule has 3 N–H and O–H groups in total. The van der Waals surface area contributed by atoms with Crippen LogP contribution in [0.2, 0.25) is 0 Å². The fourth-order valence-electron chi connectivity index (χ4n) is 2.40. The standard InChI is InChI=1S/C14H18N2O4/c15-6-8-20-9-13(17)16-7-5-11(14(18)19)10-3-1-2-4-12(10)16/h1-4,11H,5-9,15H2,(H,18,19). The summed E-state index contributed by atoms with van der Waals surface area (Å²) < 4.78 is 5.15. The van der Waals surface area contributed by atoms with Crippen molar-refractivity contribution in [3.8, 4) is 0 Å². The Morgan fingerprint density at radius 3 is 2.85 bits per heavy atom. The molecule has 0 aromatic heterocycles. The molecule has 6 nitrogen and oxygen atoms in total. The molecule has 0 bridgehead atoms. The molecule has 0 fully saturated rings. The average molecular weight is 278 g/mol. The van der Waals surface area contributed by atoms with Crippen molar-refractivity contribution in [1.29, 1.82) is 0 Å². The van der Waals surface area contributed by atoms with Gasteiger partial charge < -0.3 is 20.5 Å². The first-order valence-corrected chi connectivity index (χ1v) is 6.55.